The molecule has 30 heavy (non-hydrogen) atoms. The third kappa shape index (κ3) is 8.00. The highest BCUT2D eigenvalue weighted by Gasteiger charge is 2.19. The maximum atomic E-state index is 11.4. The van der Waals surface area contributed by atoms with Gasteiger partial charge >= 0.3 is 0 Å². The molecule has 0 aliphatic heterocycles. The summed E-state index contributed by atoms with van der Waals surface area (Å²) in [5, 5.41) is 10.2. The molecule has 2 aromatic rings. The van der Waals surface area contributed by atoms with Gasteiger partial charge in [0.05, 0.1) is 0 Å². The first kappa shape index (κ1) is 24.2. The molecule has 166 valence electrons. The molecule has 0 spiro atoms. The Kier molecular flexibility index (Phi) is 10.2. The van der Waals surface area contributed by atoms with Gasteiger partial charge in [-0.3, -0.25) is 4.55 Å². The summed E-state index contributed by atoms with van der Waals surface area (Å²) in [4.78, 5) is -0.563. The largest absolute Gasteiger partial charge is 0.503 e. The van der Waals surface area contributed by atoms with Gasteiger partial charge < -0.3 is 9.84 Å². The van der Waals surface area contributed by atoms with E-state index in [4.69, 9.17) is 4.74 Å². The Morgan fingerprint density at radius 2 is 1.33 bits per heavy atom. The Morgan fingerprint density at radius 3 is 1.97 bits per heavy atom. The van der Waals surface area contributed by atoms with E-state index >= 15 is 0 Å². The number of unbranched alkanes of at least 4 members (excludes halogenated alkanes) is 9. The average molecular weight is 435 g/mol. The van der Waals surface area contributed by atoms with Crippen LogP contribution in [-0.4, -0.2) is 18.1 Å². The molecule has 0 heterocycles. The summed E-state index contributed by atoms with van der Waals surface area (Å²) in [5.41, 5.74) is 1.01. The molecular weight excluding hydrogens is 400 g/mol. The van der Waals surface area contributed by atoms with E-state index in [2.05, 4.69) is 6.92 Å². The summed E-state index contributed by atoms with van der Waals surface area (Å²) in [6.07, 6.45) is 13.6. The van der Waals surface area contributed by atoms with Crippen molar-refractivity contribution in [2.75, 3.05) is 0 Å². The highest BCUT2D eigenvalue weighted by Crippen LogP contribution is 2.37. The van der Waals surface area contributed by atoms with Gasteiger partial charge in [0.2, 0.25) is 0 Å². The van der Waals surface area contributed by atoms with Gasteiger partial charge in [-0.2, -0.15) is 8.42 Å². The lowest BCUT2D eigenvalue weighted by atomic mass is 10.0. The predicted octanol–water partition coefficient (Wildman–Crippen LogP) is 6.89. The number of phenolic OH excluding ortho intramolecular Hbond substituents is 1. The van der Waals surface area contributed by atoms with Crippen LogP contribution in [0.15, 0.2) is 47.4 Å². The lowest BCUT2D eigenvalue weighted by Crippen LogP contribution is -2.00. The second kappa shape index (κ2) is 12.6. The normalized spacial score (nSPS) is 11.5. The summed E-state index contributed by atoms with van der Waals surface area (Å²) < 4.78 is 37.8. The van der Waals surface area contributed by atoms with Crippen molar-refractivity contribution in [3.05, 3.63) is 48.0 Å². The number of para-hydroxylation sites is 2. The summed E-state index contributed by atoms with van der Waals surface area (Å²) in [6.45, 7) is 2.24. The van der Waals surface area contributed by atoms with Crippen LogP contribution < -0.4 is 4.74 Å². The third-order valence-electron chi connectivity index (χ3n) is 5.23. The van der Waals surface area contributed by atoms with Gasteiger partial charge in [0, 0.05) is 0 Å². The van der Waals surface area contributed by atoms with Crippen LogP contribution in [0.2, 0.25) is 0 Å². The predicted molar refractivity (Wildman–Crippen MR) is 120 cm³/mol. The van der Waals surface area contributed by atoms with E-state index < -0.39 is 20.8 Å². The maximum absolute atomic E-state index is 11.4. The Labute approximate surface area is 180 Å². The molecule has 0 fully saturated rings. The molecule has 0 aliphatic rings. The van der Waals surface area contributed by atoms with Crippen molar-refractivity contribution in [3.63, 3.8) is 0 Å². The first-order valence-corrected chi connectivity index (χ1v) is 12.4. The first-order valence-electron chi connectivity index (χ1n) is 11.0. The monoisotopic (exact) mass is 434 g/mol. The van der Waals surface area contributed by atoms with Crippen molar-refractivity contribution in [2.24, 2.45) is 0 Å². The molecule has 0 aromatic heterocycles. The summed E-state index contributed by atoms with van der Waals surface area (Å²) in [6, 6.07) is 11.6. The van der Waals surface area contributed by atoms with Gasteiger partial charge in [-0.1, -0.05) is 89.0 Å². The Hall–Kier alpha value is -2.05. The average Bonchev–Trinajstić information content (AvgIpc) is 2.71. The van der Waals surface area contributed by atoms with Crippen LogP contribution in [0.5, 0.6) is 17.2 Å². The van der Waals surface area contributed by atoms with E-state index in [-0.39, 0.29) is 5.75 Å². The zero-order chi connectivity index (χ0) is 21.8. The van der Waals surface area contributed by atoms with Crippen molar-refractivity contribution < 1.29 is 22.8 Å². The lowest BCUT2D eigenvalue weighted by molar-refractivity contribution is 0.393. The van der Waals surface area contributed by atoms with Crippen molar-refractivity contribution in [1.82, 2.24) is 0 Å². The van der Waals surface area contributed by atoms with Gasteiger partial charge in [-0.15, -0.1) is 0 Å². The molecule has 0 bridgehead atoms. The van der Waals surface area contributed by atoms with E-state index in [0.717, 1.165) is 30.9 Å². The minimum Gasteiger partial charge on any atom is -0.503 e. The molecule has 2 N–H and O–H groups in total. The number of phenols is 1. The van der Waals surface area contributed by atoms with Gasteiger partial charge in [-0.05, 0) is 36.6 Å². The highest BCUT2D eigenvalue weighted by molar-refractivity contribution is 7.86. The van der Waals surface area contributed by atoms with Crippen LogP contribution in [-0.2, 0) is 16.5 Å². The van der Waals surface area contributed by atoms with Crippen LogP contribution in [0.4, 0.5) is 0 Å². The number of rotatable bonds is 14. The number of aromatic hydroxyl groups is 1. The summed E-state index contributed by atoms with van der Waals surface area (Å²) >= 11 is 0. The Balaban J connectivity index is 1.84. The molecule has 5 nitrogen and oxygen atoms in total. The number of aryl methyl sites for hydroxylation is 1. The quantitative estimate of drug-likeness (QED) is 0.250. The molecule has 0 saturated heterocycles. The van der Waals surface area contributed by atoms with Gasteiger partial charge in [0.1, 0.15) is 10.6 Å². The second-order valence-electron chi connectivity index (χ2n) is 7.72. The van der Waals surface area contributed by atoms with Crippen LogP contribution in [0, 0.1) is 0 Å². The SMILES string of the molecule is CCCCCCCCCCCCc1ccccc1Oc1cccc(S(=O)(=O)O)c1O. The minimum absolute atomic E-state index is 0.000600. The molecule has 6 heteroatoms. The molecule has 0 amide bonds. The highest BCUT2D eigenvalue weighted by atomic mass is 32.2. The van der Waals surface area contributed by atoms with E-state index in [9.17, 15) is 18.1 Å². The molecule has 2 rings (SSSR count). The molecular formula is C24H34O5S. The van der Waals surface area contributed by atoms with Gasteiger partial charge in [-0.25, -0.2) is 0 Å². The molecule has 0 saturated carbocycles. The van der Waals surface area contributed by atoms with E-state index in [1.54, 1.807) is 6.07 Å². The summed E-state index contributed by atoms with van der Waals surface area (Å²) in [7, 11) is -4.52. The Morgan fingerprint density at radius 1 is 0.767 bits per heavy atom. The fourth-order valence-electron chi connectivity index (χ4n) is 3.52. The fraction of sp³-hybridized carbons (Fsp3) is 0.500. The molecule has 0 unspecified atom stereocenters. The standard InChI is InChI=1S/C24H34O5S/c1-2-3-4-5-6-7-8-9-10-11-15-20-16-12-13-17-21(20)29-22-18-14-19-23(24(22)25)30(26,27)28/h12-14,16-19,25H,2-11,15H2,1H3,(H,26,27,28). The zero-order valence-corrected chi connectivity index (χ0v) is 18.7. The minimum atomic E-state index is -4.52. The lowest BCUT2D eigenvalue weighted by Gasteiger charge is -2.13. The van der Waals surface area contributed by atoms with Crippen molar-refractivity contribution in [2.45, 2.75) is 82.4 Å². The molecule has 2 aromatic carbocycles. The molecule has 0 radical (unpaired) electrons. The van der Waals surface area contributed by atoms with Crippen LogP contribution in [0.3, 0.4) is 0 Å². The second-order valence-corrected chi connectivity index (χ2v) is 9.11. The van der Waals surface area contributed by atoms with E-state index in [0.29, 0.717) is 5.75 Å². The first-order chi connectivity index (χ1) is 14.4. The number of hydrogen-bond donors (Lipinski definition) is 2. The maximum Gasteiger partial charge on any atom is 0.298 e. The van der Waals surface area contributed by atoms with Crippen LogP contribution in [0.1, 0.15) is 76.7 Å². The zero-order valence-electron chi connectivity index (χ0n) is 17.8. The summed E-state index contributed by atoms with van der Waals surface area (Å²) in [5.74, 6) is -0.00870. The topological polar surface area (TPSA) is 83.8 Å². The number of ether oxygens (including phenoxy) is 1. The smallest absolute Gasteiger partial charge is 0.298 e. The number of hydrogen-bond acceptors (Lipinski definition) is 4. The van der Waals surface area contributed by atoms with Crippen molar-refractivity contribution >= 4 is 10.1 Å². The van der Waals surface area contributed by atoms with Gasteiger partial charge in [0.25, 0.3) is 10.1 Å². The van der Waals surface area contributed by atoms with Gasteiger partial charge in [0.15, 0.2) is 11.5 Å². The molecule has 0 atom stereocenters. The van der Waals surface area contributed by atoms with Crippen molar-refractivity contribution in [3.8, 4) is 17.2 Å². The van der Waals surface area contributed by atoms with E-state index in [1.807, 2.05) is 18.2 Å². The molecule has 0 aliphatic carbocycles. The number of benzene rings is 2. The van der Waals surface area contributed by atoms with Crippen molar-refractivity contribution in [1.29, 1.82) is 0 Å². The van der Waals surface area contributed by atoms with E-state index in [1.165, 1.54) is 63.5 Å². The van der Waals surface area contributed by atoms with Crippen LogP contribution in [0.25, 0.3) is 0 Å². The fourth-order valence-corrected chi connectivity index (χ4v) is 4.12. The Bertz CT molecular complexity index is 877. The third-order valence-corrected chi connectivity index (χ3v) is 6.12. The van der Waals surface area contributed by atoms with Crippen LogP contribution >= 0.6 is 0 Å².